The Morgan fingerprint density at radius 3 is 2.55 bits per heavy atom. The number of hydrogen-bond acceptors (Lipinski definition) is 2. The summed E-state index contributed by atoms with van der Waals surface area (Å²) in [4.78, 5) is 11.7. The number of halogens is 1. The van der Waals surface area contributed by atoms with Crippen molar-refractivity contribution in [2.75, 3.05) is 0 Å². The van der Waals surface area contributed by atoms with Gasteiger partial charge in [0.05, 0.1) is 0 Å². The van der Waals surface area contributed by atoms with Gasteiger partial charge in [0.15, 0.2) is 0 Å². The molecule has 1 rings (SSSR count). The van der Waals surface area contributed by atoms with Crippen LogP contribution < -0.4 is 0 Å². The average molecular weight is 335 g/mol. The van der Waals surface area contributed by atoms with Crippen molar-refractivity contribution < 1.29 is 9.53 Å². The Bertz CT molecular complexity index is 503. The lowest BCUT2D eigenvalue weighted by atomic mass is 10.1. The molecule has 0 aromatic heterocycles. The number of hydrogen-bond donors (Lipinski definition) is 0. The molecule has 0 heterocycles. The minimum Gasteiger partial charge on any atom is -0.457 e. The lowest BCUT2D eigenvalue weighted by molar-refractivity contribution is -0.145. The molecule has 106 valence electrons. The van der Waals surface area contributed by atoms with Crippen LogP contribution in [0.3, 0.4) is 0 Å². The number of esters is 1. The third-order valence-electron chi connectivity index (χ3n) is 2.73. The summed E-state index contributed by atoms with van der Waals surface area (Å²) in [6, 6.07) is 9.47. The Morgan fingerprint density at radius 1 is 1.35 bits per heavy atom. The molecule has 0 radical (unpaired) electrons. The fourth-order valence-corrected chi connectivity index (χ4v) is 2.13. The highest BCUT2D eigenvalue weighted by molar-refractivity contribution is 9.09. The van der Waals surface area contributed by atoms with Crippen LogP contribution in [0.15, 0.2) is 66.8 Å². The summed E-state index contributed by atoms with van der Waals surface area (Å²) >= 11 is 3.37. The second-order valence-electron chi connectivity index (χ2n) is 4.25. The van der Waals surface area contributed by atoms with E-state index in [1.54, 1.807) is 6.08 Å². The molecule has 20 heavy (non-hydrogen) atoms. The summed E-state index contributed by atoms with van der Waals surface area (Å²) in [6.07, 6.45) is 7.01. The van der Waals surface area contributed by atoms with Gasteiger partial charge in [-0.1, -0.05) is 77.1 Å². The van der Waals surface area contributed by atoms with Crippen molar-refractivity contribution in [3.8, 4) is 0 Å². The van der Waals surface area contributed by atoms with Gasteiger partial charge in [-0.3, -0.25) is 4.79 Å². The number of benzene rings is 1. The Balaban J connectivity index is 2.74. The quantitative estimate of drug-likeness (QED) is 0.426. The molecule has 0 saturated heterocycles. The number of carbonyl (C=O) groups is 1. The van der Waals surface area contributed by atoms with Gasteiger partial charge in [0, 0.05) is 0 Å². The Morgan fingerprint density at radius 2 is 2.00 bits per heavy atom. The highest BCUT2D eigenvalue weighted by Crippen LogP contribution is 2.25. The second kappa shape index (κ2) is 8.54. The predicted octanol–water partition coefficient (Wildman–Crippen LogP) is 4.74. The third kappa shape index (κ3) is 4.82. The number of ether oxygens (including phenoxy) is 1. The van der Waals surface area contributed by atoms with Crippen molar-refractivity contribution in [3.63, 3.8) is 0 Å². The van der Waals surface area contributed by atoms with Crippen LogP contribution in [-0.2, 0) is 9.53 Å². The highest BCUT2D eigenvalue weighted by Gasteiger charge is 2.21. The van der Waals surface area contributed by atoms with Crippen molar-refractivity contribution >= 4 is 21.9 Å². The Labute approximate surface area is 129 Å². The molecule has 3 heteroatoms. The first-order valence-corrected chi connectivity index (χ1v) is 7.36. The topological polar surface area (TPSA) is 26.3 Å². The third-order valence-corrected chi connectivity index (χ3v) is 3.63. The molecule has 0 saturated carbocycles. The largest absolute Gasteiger partial charge is 0.457 e. The van der Waals surface area contributed by atoms with Crippen molar-refractivity contribution in [2.24, 2.45) is 0 Å². The van der Waals surface area contributed by atoms with Crippen LogP contribution in [0.2, 0.25) is 0 Å². The minimum absolute atomic E-state index is 0.303. The van der Waals surface area contributed by atoms with Gasteiger partial charge in [0.2, 0.25) is 0 Å². The lowest BCUT2D eigenvalue weighted by Crippen LogP contribution is -2.19. The van der Waals surface area contributed by atoms with Crippen molar-refractivity contribution in [1.82, 2.24) is 0 Å². The van der Waals surface area contributed by atoms with Crippen LogP contribution in [-0.4, -0.2) is 12.1 Å². The van der Waals surface area contributed by atoms with E-state index < -0.39 is 4.83 Å². The van der Waals surface area contributed by atoms with Gasteiger partial charge in [-0.05, 0) is 25.0 Å². The smallest absolute Gasteiger partial charge is 0.324 e. The molecule has 2 atom stereocenters. The zero-order chi connectivity index (χ0) is 15.0. The van der Waals surface area contributed by atoms with E-state index in [1.165, 1.54) is 0 Å². The van der Waals surface area contributed by atoms with Gasteiger partial charge in [0.1, 0.15) is 10.9 Å². The van der Waals surface area contributed by atoms with E-state index in [4.69, 9.17) is 4.74 Å². The van der Waals surface area contributed by atoms with E-state index in [2.05, 4.69) is 22.5 Å². The van der Waals surface area contributed by atoms with Gasteiger partial charge in [-0.15, -0.1) is 0 Å². The fourth-order valence-electron chi connectivity index (χ4n) is 1.72. The van der Waals surface area contributed by atoms with E-state index in [-0.39, 0.29) is 12.1 Å². The van der Waals surface area contributed by atoms with E-state index >= 15 is 0 Å². The average Bonchev–Trinajstić information content (AvgIpc) is 2.47. The molecule has 0 aliphatic carbocycles. The van der Waals surface area contributed by atoms with Gasteiger partial charge in [-0.25, -0.2) is 0 Å². The van der Waals surface area contributed by atoms with E-state index in [0.29, 0.717) is 0 Å². The van der Waals surface area contributed by atoms with Crippen molar-refractivity contribution in [1.29, 1.82) is 0 Å². The standard InChI is InChI=1S/C17H19BrO2/c1-4-9-14(10-5-2)13(3)20-17(19)16(18)15-11-7-6-8-12-15/h4-13,16H,1H2,2-3H3/b10-5-,14-9+. The van der Waals surface area contributed by atoms with E-state index in [1.807, 2.05) is 62.4 Å². The van der Waals surface area contributed by atoms with Crippen LogP contribution in [0, 0.1) is 0 Å². The number of carbonyl (C=O) groups excluding carboxylic acids is 1. The van der Waals surface area contributed by atoms with Crippen LogP contribution in [0.25, 0.3) is 0 Å². The SMILES string of the molecule is C=C/C=C(\C=C/C)C(C)OC(=O)C(Br)c1ccccc1. The summed E-state index contributed by atoms with van der Waals surface area (Å²) in [5.74, 6) is -0.303. The second-order valence-corrected chi connectivity index (χ2v) is 5.17. The van der Waals surface area contributed by atoms with Gasteiger partial charge >= 0.3 is 5.97 Å². The molecule has 1 aromatic rings. The molecule has 1 aromatic carbocycles. The highest BCUT2D eigenvalue weighted by atomic mass is 79.9. The maximum atomic E-state index is 12.1. The maximum absolute atomic E-state index is 12.1. The molecule has 2 unspecified atom stereocenters. The minimum atomic E-state index is -0.457. The first kappa shape index (κ1) is 16.4. The Kier molecular flexibility index (Phi) is 7.02. The fraction of sp³-hybridized carbons (Fsp3) is 0.235. The number of alkyl halides is 1. The zero-order valence-corrected chi connectivity index (χ0v) is 13.3. The predicted molar refractivity (Wildman–Crippen MR) is 86.8 cm³/mol. The van der Waals surface area contributed by atoms with Crippen LogP contribution in [0.4, 0.5) is 0 Å². The zero-order valence-electron chi connectivity index (χ0n) is 11.8. The normalized spacial score (nSPS) is 14.8. The summed E-state index contributed by atoms with van der Waals surface area (Å²) in [7, 11) is 0. The maximum Gasteiger partial charge on any atom is 0.324 e. The van der Waals surface area contributed by atoms with Crippen LogP contribution >= 0.6 is 15.9 Å². The molecular formula is C17H19BrO2. The molecule has 0 amide bonds. The first-order chi connectivity index (χ1) is 9.60. The molecule has 0 aliphatic heterocycles. The molecule has 0 fully saturated rings. The lowest BCUT2D eigenvalue weighted by Gasteiger charge is -2.17. The van der Waals surface area contributed by atoms with E-state index in [9.17, 15) is 4.79 Å². The number of rotatable bonds is 6. The van der Waals surface area contributed by atoms with Crippen molar-refractivity contribution in [3.05, 3.63) is 72.4 Å². The summed E-state index contributed by atoms with van der Waals surface area (Å²) < 4.78 is 5.48. The van der Waals surface area contributed by atoms with Crippen LogP contribution in [0.5, 0.6) is 0 Å². The molecule has 0 spiro atoms. The molecular weight excluding hydrogens is 316 g/mol. The van der Waals surface area contributed by atoms with Crippen LogP contribution in [0.1, 0.15) is 24.2 Å². The van der Waals surface area contributed by atoms with E-state index in [0.717, 1.165) is 11.1 Å². The summed E-state index contributed by atoms with van der Waals surface area (Å²) in [5.41, 5.74) is 1.79. The van der Waals surface area contributed by atoms with Gasteiger partial charge in [-0.2, -0.15) is 0 Å². The summed E-state index contributed by atoms with van der Waals surface area (Å²) in [5, 5.41) is 0. The van der Waals surface area contributed by atoms with Crippen molar-refractivity contribution in [2.45, 2.75) is 24.8 Å². The molecule has 0 N–H and O–H groups in total. The Hall–Kier alpha value is -1.61. The van der Waals surface area contributed by atoms with Gasteiger partial charge in [0.25, 0.3) is 0 Å². The van der Waals surface area contributed by atoms with Gasteiger partial charge < -0.3 is 4.74 Å². The molecule has 0 aliphatic rings. The monoisotopic (exact) mass is 334 g/mol. The molecule has 0 bridgehead atoms. The first-order valence-electron chi connectivity index (χ1n) is 6.45. The summed E-state index contributed by atoms with van der Waals surface area (Å²) in [6.45, 7) is 7.43. The molecule has 2 nitrogen and oxygen atoms in total. The number of allylic oxidation sites excluding steroid dienone is 3.